The maximum Gasteiger partial charge on any atom is 0.341 e. The average Bonchev–Trinajstić information content (AvgIpc) is 2.43. The number of hydrogen-bond donors (Lipinski definition) is 0. The second-order valence-electron chi connectivity index (χ2n) is 4.42. The third kappa shape index (κ3) is 3.02. The maximum absolute atomic E-state index is 11.5. The van der Waals surface area contributed by atoms with E-state index in [-0.39, 0.29) is 11.4 Å². The molecule has 100 valence electrons. The van der Waals surface area contributed by atoms with E-state index < -0.39 is 5.97 Å². The van der Waals surface area contributed by atoms with Crippen molar-refractivity contribution in [1.82, 2.24) is 0 Å². The molecule has 1 aliphatic rings. The maximum atomic E-state index is 11.5. The molecule has 0 atom stereocenters. The van der Waals surface area contributed by atoms with E-state index >= 15 is 0 Å². The zero-order valence-electron chi connectivity index (χ0n) is 11.1. The molecule has 0 unspecified atom stereocenters. The molecule has 2 rings (SSSR count). The lowest BCUT2D eigenvalue weighted by Crippen LogP contribution is -2.12. The highest BCUT2D eigenvalue weighted by Gasteiger charge is 2.16. The molecule has 19 heavy (non-hydrogen) atoms. The molecule has 0 bridgehead atoms. The van der Waals surface area contributed by atoms with Crippen LogP contribution < -0.4 is 4.74 Å². The van der Waals surface area contributed by atoms with Crippen molar-refractivity contribution in [3.8, 4) is 5.75 Å². The monoisotopic (exact) mass is 260 g/mol. The van der Waals surface area contributed by atoms with Crippen molar-refractivity contribution in [3.05, 3.63) is 34.9 Å². The summed E-state index contributed by atoms with van der Waals surface area (Å²) in [5.74, 6) is -0.0341. The van der Waals surface area contributed by atoms with Crippen LogP contribution in [0.15, 0.2) is 23.8 Å². The summed E-state index contributed by atoms with van der Waals surface area (Å²) in [5.41, 5.74) is 1.96. The minimum Gasteiger partial charge on any atom is -0.493 e. The highest BCUT2D eigenvalue weighted by Crippen LogP contribution is 2.26. The Bertz CT molecular complexity index is 543. The Hall–Kier alpha value is -2.10. The van der Waals surface area contributed by atoms with Crippen molar-refractivity contribution in [2.75, 3.05) is 13.7 Å². The predicted molar refractivity (Wildman–Crippen MR) is 70.9 cm³/mol. The van der Waals surface area contributed by atoms with Gasteiger partial charge in [-0.15, -0.1) is 0 Å². The second-order valence-corrected chi connectivity index (χ2v) is 4.42. The molecule has 0 radical (unpaired) electrons. The van der Waals surface area contributed by atoms with Crippen molar-refractivity contribution >= 4 is 17.8 Å². The number of fused-ring (bicyclic) bond motifs is 1. The number of ether oxygens (including phenoxy) is 2. The summed E-state index contributed by atoms with van der Waals surface area (Å²) in [6.45, 7) is 2.09. The van der Waals surface area contributed by atoms with Crippen LogP contribution in [0.5, 0.6) is 5.75 Å². The minimum absolute atomic E-state index is 0.0548. The van der Waals surface area contributed by atoms with Crippen LogP contribution in [0.4, 0.5) is 0 Å². The van der Waals surface area contributed by atoms with Crippen LogP contribution in [-0.4, -0.2) is 25.5 Å². The van der Waals surface area contributed by atoms with Crippen molar-refractivity contribution in [3.63, 3.8) is 0 Å². The van der Waals surface area contributed by atoms with Gasteiger partial charge in [-0.05, 0) is 49.1 Å². The second kappa shape index (κ2) is 5.69. The van der Waals surface area contributed by atoms with Gasteiger partial charge in [0.25, 0.3) is 0 Å². The minimum atomic E-state index is -0.610. The summed E-state index contributed by atoms with van der Waals surface area (Å²) in [7, 11) is 1.26. The van der Waals surface area contributed by atoms with Crippen LogP contribution in [0.1, 0.15) is 24.5 Å². The fraction of sp³-hybridized carbons (Fsp3) is 0.333. The van der Waals surface area contributed by atoms with Gasteiger partial charge in [0.1, 0.15) is 11.3 Å². The summed E-state index contributed by atoms with van der Waals surface area (Å²) < 4.78 is 10.1. The summed E-state index contributed by atoms with van der Waals surface area (Å²) in [6.07, 6.45) is 3.49. The molecule has 0 spiro atoms. The van der Waals surface area contributed by atoms with E-state index in [2.05, 4.69) is 4.74 Å². The molecule has 0 aromatic heterocycles. The average molecular weight is 260 g/mol. The number of hydrogen-bond acceptors (Lipinski definition) is 4. The SMILES string of the molecule is COC(=O)C(=Cc1ccc2c(c1)CCCO2)C(C)=O. The molecule has 1 aliphatic heterocycles. The van der Waals surface area contributed by atoms with Crippen LogP contribution in [-0.2, 0) is 20.7 Å². The van der Waals surface area contributed by atoms with E-state index in [4.69, 9.17) is 4.74 Å². The van der Waals surface area contributed by atoms with Gasteiger partial charge in [-0.3, -0.25) is 4.79 Å². The third-order valence-corrected chi connectivity index (χ3v) is 3.03. The fourth-order valence-electron chi connectivity index (χ4n) is 2.05. The fourth-order valence-corrected chi connectivity index (χ4v) is 2.05. The molecule has 4 heteroatoms. The topological polar surface area (TPSA) is 52.6 Å². The van der Waals surface area contributed by atoms with Gasteiger partial charge in [0.05, 0.1) is 13.7 Å². The Morgan fingerprint density at radius 1 is 1.37 bits per heavy atom. The van der Waals surface area contributed by atoms with Crippen molar-refractivity contribution < 1.29 is 19.1 Å². The lowest BCUT2D eigenvalue weighted by Gasteiger charge is -2.17. The van der Waals surface area contributed by atoms with Crippen molar-refractivity contribution in [2.45, 2.75) is 19.8 Å². The van der Waals surface area contributed by atoms with Crippen LogP contribution >= 0.6 is 0 Å². The van der Waals surface area contributed by atoms with Gasteiger partial charge < -0.3 is 9.47 Å². The highest BCUT2D eigenvalue weighted by molar-refractivity contribution is 6.19. The molecule has 0 N–H and O–H groups in total. The first-order valence-corrected chi connectivity index (χ1v) is 6.18. The molecule has 1 heterocycles. The van der Waals surface area contributed by atoms with Crippen LogP contribution in [0.3, 0.4) is 0 Å². The van der Waals surface area contributed by atoms with E-state index in [1.807, 2.05) is 18.2 Å². The normalized spacial score (nSPS) is 14.3. The lowest BCUT2D eigenvalue weighted by atomic mass is 10.0. The van der Waals surface area contributed by atoms with Crippen molar-refractivity contribution in [1.29, 1.82) is 0 Å². The van der Waals surface area contributed by atoms with E-state index in [0.717, 1.165) is 36.3 Å². The van der Waals surface area contributed by atoms with E-state index in [1.165, 1.54) is 14.0 Å². The number of esters is 1. The van der Waals surface area contributed by atoms with Gasteiger partial charge in [0.2, 0.25) is 0 Å². The zero-order chi connectivity index (χ0) is 13.8. The first-order valence-electron chi connectivity index (χ1n) is 6.18. The molecular formula is C15H16O4. The Morgan fingerprint density at radius 3 is 2.84 bits per heavy atom. The zero-order valence-corrected chi connectivity index (χ0v) is 11.1. The van der Waals surface area contributed by atoms with E-state index in [0.29, 0.717) is 0 Å². The van der Waals surface area contributed by atoms with Crippen LogP contribution in [0.2, 0.25) is 0 Å². The number of ketones is 1. The predicted octanol–water partition coefficient (Wildman–Crippen LogP) is 2.16. The number of rotatable bonds is 3. The quantitative estimate of drug-likeness (QED) is 0.362. The largest absolute Gasteiger partial charge is 0.493 e. The molecule has 0 fully saturated rings. The van der Waals surface area contributed by atoms with Gasteiger partial charge in [-0.1, -0.05) is 6.07 Å². The molecule has 0 saturated heterocycles. The van der Waals surface area contributed by atoms with E-state index in [9.17, 15) is 9.59 Å². The number of aryl methyl sites for hydroxylation is 1. The summed E-state index contributed by atoms with van der Waals surface area (Å²) in [4.78, 5) is 23.0. The van der Waals surface area contributed by atoms with Crippen LogP contribution in [0, 0.1) is 0 Å². The number of carbonyl (C=O) groups is 2. The number of methoxy groups -OCH3 is 1. The highest BCUT2D eigenvalue weighted by atomic mass is 16.5. The summed E-state index contributed by atoms with van der Waals surface area (Å²) in [6, 6.07) is 5.64. The summed E-state index contributed by atoms with van der Waals surface area (Å²) in [5, 5.41) is 0. The Balaban J connectivity index is 2.35. The molecule has 0 saturated carbocycles. The number of carbonyl (C=O) groups excluding carboxylic acids is 2. The van der Waals surface area contributed by atoms with Gasteiger partial charge >= 0.3 is 5.97 Å². The molecule has 0 amide bonds. The molecule has 1 aromatic rings. The Labute approximate surface area is 112 Å². The van der Waals surface area contributed by atoms with Gasteiger partial charge in [0, 0.05) is 0 Å². The van der Waals surface area contributed by atoms with Gasteiger partial charge in [-0.25, -0.2) is 4.79 Å². The lowest BCUT2D eigenvalue weighted by molar-refractivity contribution is -0.137. The number of Topliss-reactive ketones (excluding diaryl/α,β-unsaturated/α-hetero) is 1. The smallest absolute Gasteiger partial charge is 0.341 e. The van der Waals surface area contributed by atoms with Crippen molar-refractivity contribution in [2.24, 2.45) is 0 Å². The standard InChI is InChI=1S/C15H16O4/c1-10(16)13(15(17)18-2)9-11-5-6-14-12(8-11)4-3-7-19-14/h5-6,8-9H,3-4,7H2,1-2H3. The third-order valence-electron chi connectivity index (χ3n) is 3.03. The first-order chi connectivity index (χ1) is 9.11. The first kappa shape index (κ1) is 13.3. The molecular weight excluding hydrogens is 244 g/mol. The van der Waals surface area contributed by atoms with Gasteiger partial charge in [0.15, 0.2) is 5.78 Å². The molecule has 1 aromatic carbocycles. The van der Waals surface area contributed by atoms with Gasteiger partial charge in [-0.2, -0.15) is 0 Å². The molecule has 4 nitrogen and oxygen atoms in total. The molecule has 0 aliphatic carbocycles. The van der Waals surface area contributed by atoms with E-state index in [1.54, 1.807) is 6.08 Å². The Kier molecular flexibility index (Phi) is 4.00. The van der Waals surface area contributed by atoms with Crippen LogP contribution in [0.25, 0.3) is 6.08 Å². The summed E-state index contributed by atoms with van der Waals surface area (Å²) >= 11 is 0. The number of benzene rings is 1. The Morgan fingerprint density at radius 2 is 2.16 bits per heavy atom.